The molecule has 36 heavy (non-hydrogen) atoms. The van der Waals surface area contributed by atoms with Crippen molar-refractivity contribution < 1.29 is 22.7 Å². The van der Waals surface area contributed by atoms with E-state index >= 15 is 0 Å². The van der Waals surface area contributed by atoms with Gasteiger partial charge in [-0.3, -0.25) is 9.69 Å². The van der Waals surface area contributed by atoms with E-state index in [4.69, 9.17) is 4.74 Å². The molecule has 0 spiro atoms. The van der Waals surface area contributed by atoms with E-state index in [1.807, 2.05) is 24.4 Å². The van der Waals surface area contributed by atoms with Gasteiger partial charge in [-0.2, -0.15) is 13.2 Å². The Morgan fingerprint density at radius 1 is 1.08 bits per heavy atom. The van der Waals surface area contributed by atoms with E-state index in [1.165, 1.54) is 23.5 Å². The molecule has 0 unspecified atom stereocenters. The van der Waals surface area contributed by atoms with E-state index in [9.17, 15) is 18.0 Å². The van der Waals surface area contributed by atoms with E-state index in [0.717, 1.165) is 56.0 Å². The molecule has 2 fully saturated rings. The lowest BCUT2D eigenvalue weighted by Gasteiger charge is -2.36. The average Bonchev–Trinajstić information content (AvgIpc) is 3.47. The van der Waals surface area contributed by atoms with Gasteiger partial charge in [-0.25, -0.2) is 0 Å². The molecule has 9 heteroatoms. The molecule has 1 aliphatic heterocycles. The summed E-state index contributed by atoms with van der Waals surface area (Å²) in [5.74, 6) is 1.82. The number of thiophene rings is 1. The molecule has 0 bridgehead atoms. The highest BCUT2D eigenvalue weighted by Crippen LogP contribution is 2.40. The van der Waals surface area contributed by atoms with Gasteiger partial charge in [-0.15, -0.1) is 11.3 Å². The zero-order valence-electron chi connectivity index (χ0n) is 20.2. The Labute approximate surface area is 212 Å². The number of rotatable bonds is 8. The molecule has 2 aromatic carbocycles. The number of hydrogen-bond acceptors (Lipinski definition) is 5. The topological polar surface area (TPSA) is 44.8 Å². The number of benzene rings is 2. The number of halogens is 3. The van der Waals surface area contributed by atoms with E-state index in [2.05, 4.69) is 15.1 Å². The summed E-state index contributed by atoms with van der Waals surface area (Å²) >= 11 is 1.37. The Bertz CT molecular complexity index is 1200. The molecule has 1 amide bonds. The number of nitrogens with one attached hydrogen (secondary N) is 1. The Morgan fingerprint density at radius 3 is 2.53 bits per heavy atom. The number of fused-ring (bicyclic) bond motifs is 1. The molecule has 2 heterocycles. The highest BCUT2D eigenvalue weighted by atomic mass is 32.1. The molecule has 1 saturated heterocycles. The Balaban J connectivity index is 1.06. The van der Waals surface area contributed by atoms with Crippen molar-refractivity contribution in [1.82, 2.24) is 10.2 Å². The minimum atomic E-state index is -4.32. The number of amides is 1. The Hall–Kier alpha value is -2.78. The van der Waals surface area contributed by atoms with Gasteiger partial charge in [-0.05, 0) is 61.6 Å². The van der Waals surface area contributed by atoms with Crippen molar-refractivity contribution in [1.29, 1.82) is 0 Å². The fourth-order valence-electron chi connectivity index (χ4n) is 4.92. The standard InChI is InChI=1S/C27H30F3N3O2S/c1-2-35-22-6-3-18(4-7-22)26(34)31-15-19-13-20(19)16-32-9-11-33(12-10-32)24-17-36-25-14-21(27(28,29)30)5-8-23(24)25/h3-8,14,17,19-20H,2,9-13,15-16H2,1H3,(H,31,34)/t19-,20-/m1/s1. The zero-order chi connectivity index (χ0) is 25.3. The van der Waals surface area contributed by atoms with Gasteiger partial charge < -0.3 is 15.0 Å². The number of anilines is 1. The fourth-order valence-corrected chi connectivity index (χ4v) is 5.93. The Kier molecular flexibility index (Phi) is 7.12. The van der Waals surface area contributed by atoms with Crippen molar-refractivity contribution in [2.24, 2.45) is 11.8 Å². The molecule has 1 aromatic heterocycles. The first-order valence-electron chi connectivity index (χ1n) is 12.4. The summed E-state index contributed by atoms with van der Waals surface area (Å²) in [5.41, 5.74) is 1.08. The van der Waals surface area contributed by atoms with Gasteiger partial charge in [0.1, 0.15) is 5.75 Å². The van der Waals surface area contributed by atoms with Crippen LogP contribution in [0.3, 0.4) is 0 Å². The summed E-state index contributed by atoms with van der Waals surface area (Å²) in [6.07, 6.45) is -3.19. The molecule has 2 aliphatic rings. The molecular formula is C27H30F3N3O2S. The van der Waals surface area contributed by atoms with E-state index in [0.29, 0.717) is 35.3 Å². The van der Waals surface area contributed by atoms with Gasteiger partial charge in [0.15, 0.2) is 0 Å². The van der Waals surface area contributed by atoms with Crippen LogP contribution in [0.15, 0.2) is 47.8 Å². The van der Waals surface area contributed by atoms with Crippen molar-refractivity contribution in [2.75, 3.05) is 50.8 Å². The van der Waals surface area contributed by atoms with Crippen molar-refractivity contribution >= 4 is 33.0 Å². The van der Waals surface area contributed by atoms with E-state index in [-0.39, 0.29) is 5.91 Å². The summed E-state index contributed by atoms with van der Waals surface area (Å²) in [6.45, 7) is 7.82. The van der Waals surface area contributed by atoms with Crippen LogP contribution >= 0.6 is 11.3 Å². The van der Waals surface area contributed by atoms with E-state index < -0.39 is 11.7 Å². The second kappa shape index (κ2) is 10.3. The summed E-state index contributed by atoms with van der Waals surface area (Å²) in [7, 11) is 0. The van der Waals surface area contributed by atoms with Crippen LogP contribution in [0.2, 0.25) is 0 Å². The zero-order valence-corrected chi connectivity index (χ0v) is 21.0. The molecule has 5 nitrogen and oxygen atoms in total. The first kappa shape index (κ1) is 24.9. The maximum absolute atomic E-state index is 13.0. The maximum Gasteiger partial charge on any atom is 0.416 e. The van der Waals surface area contributed by atoms with Crippen LogP contribution in [0, 0.1) is 11.8 Å². The van der Waals surface area contributed by atoms with Crippen molar-refractivity contribution in [3.05, 3.63) is 59.0 Å². The minimum Gasteiger partial charge on any atom is -0.494 e. The van der Waals surface area contributed by atoms with Crippen molar-refractivity contribution in [2.45, 2.75) is 19.5 Å². The fraction of sp³-hybridized carbons (Fsp3) is 0.444. The number of ether oxygens (including phenoxy) is 1. The lowest BCUT2D eigenvalue weighted by atomic mass is 10.1. The van der Waals surface area contributed by atoms with Crippen LogP contribution in [0.4, 0.5) is 18.9 Å². The molecule has 1 aliphatic carbocycles. The number of hydrogen-bond donors (Lipinski definition) is 1. The molecule has 0 radical (unpaired) electrons. The quantitative estimate of drug-likeness (QED) is 0.428. The number of nitrogens with zero attached hydrogens (tertiary/aromatic N) is 2. The largest absolute Gasteiger partial charge is 0.494 e. The third-order valence-electron chi connectivity index (χ3n) is 7.11. The highest BCUT2D eigenvalue weighted by molar-refractivity contribution is 7.17. The Morgan fingerprint density at radius 2 is 1.83 bits per heavy atom. The first-order chi connectivity index (χ1) is 17.3. The normalized spacial score (nSPS) is 20.5. The molecule has 1 saturated carbocycles. The summed E-state index contributed by atoms with van der Waals surface area (Å²) in [4.78, 5) is 17.2. The predicted molar refractivity (Wildman–Crippen MR) is 137 cm³/mol. The van der Waals surface area contributed by atoms with Gasteiger partial charge in [0.05, 0.1) is 17.9 Å². The van der Waals surface area contributed by atoms with Crippen LogP contribution in [-0.2, 0) is 6.18 Å². The molecule has 5 rings (SSSR count). The van der Waals surface area contributed by atoms with Crippen molar-refractivity contribution in [3.63, 3.8) is 0 Å². The number of piperazine rings is 1. The minimum absolute atomic E-state index is 0.0531. The predicted octanol–water partition coefficient (Wildman–Crippen LogP) is 5.51. The molecule has 192 valence electrons. The SMILES string of the molecule is CCOc1ccc(C(=O)NC[C@H]2C[C@@H]2CN2CCN(c3csc4cc(C(F)(F)F)ccc34)CC2)cc1. The number of carbonyl (C=O) groups excluding carboxylic acids is 1. The van der Waals surface area contributed by atoms with Crippen molar-refractivity contribution in [3.8, 4) is 5.75 Å². The first-order valence-corrected chi connectivity index (χ1v) is 13.3. The smallest absolute Gasteiger partial charge is 0.416 e. The second-order valence-corrected chi connectivity index (χ2v) is 10.5. The van der Waals surface area contributed by atoms with Gasteiger partial charge in [0.2, 0.25) is 0 Å². The third kappa shape index (κ3) is 5.62. The summed E-state index contributed by atoms with van der Waals surface area (Å²) < 4.78 is 45.2. The van der Waals surface area contributed by atoms with Crippen LogP contribution in [0.1, 0.15) is 29.3 Å². The van der Waals surface area contributed by atoms with Gasteiger partial charge in [0, 0.05) is 60.3 Å². The third-order valence-corrected chi connectivity index (χ3v) is 8.04. The summed E-state index contributed by atoms with van der Waals surface area (Å²) in [6, 6.07) is 11.2. The maximum atomic E-state index is 13.0. The molecule has 3 aromatic rings. The van der Waals surface area contributed by atoms with Crippen LogP contribution in [0.5, 0.6) is 5.75 Å². The molecule has 1 N–H and O–H groups in total. The highest BCUT2D eigenvalue weighted by Gasteiger charge is 2.38. The molecular weight excluding hydrogens is 487 g/mol. The van der Waals surface area contributed by atoms with Crippen LogP contribution in [0.25, 0.3) is 10.1 Å². The lowest BCUT2D eigenvalue weighted by molar-refractivity contribution is -0.137. The number of alkyl halides is 3. The molecule has 2 atom stereocenters. The van der Waals surface area contributed by atoms with Gasteiger partial charge >= 0.3 is 6.18 Å². The summed E-state index contributed by atoms with van der Waals surface area (Å²) in [5, 5.41) is 5.93. The average molecular weight is 518 g/mol. The van der Waals surface area contributed by atoms with Gasteiger partial charge in [0.25, 0.3) is 5.91 Å². The van der Waals surface area contributed by atoms with Crippen LogP contribution in [-0.4, -0.2) is 56.7 Å². The number of carbonyl (C=O) groups is 1. The second-order valence-electron chi connectivity index (χ2n) is 9.54. The lowest BCUT2D eigenvalue weighted by Crippen LogP contribution is -2.47. The van der Waals surface area contributed by atoms with Crippen LogP contribution < -0.4 is 15.0 Å². The van der Waals surface area contributed by atoms with E-state index in [1.54, 1.807) is 18.2 Å². The van der Waals surface area contributed by atoms with Gasteiger partial charge in [-0.1, -0.05) is 6.07 Å². The monoisotopic (exact) mass is 517 g/mol.